The minimum absolute atomic E-state index is 0.115. The lowest BCUT2D eigenvalue weighted by Gasteiger charge is -2.11. The van der Waals surface area contributed by atoms with Crippen LogP contribution in [0.2, 0.25) is 0 Å². The molecule has 0 fully saturated rings. The van der Waals surface area contributed by atoms with Crippen LogP contribution in [0.1, 0.15) is 20.8 Å². The molecule has 0 aromatic heterocycles. The van der Waals surface area contributed by atoms with Gasteiger partial charge in [0.15, 0.2) is 5.78 Å². The first kappa shape index (κ1) is 18.6. The van der Waals surface area contributed by atoms with Crippen LogP contribution in [0.25, 0.3) is 0 Å². The van der Waals surface area contributed by atoms with Crippen molar-refractivity contribution in [2.75, 3.05) is 7.11 Å². The Bertz CT molecular complexity index is 538. The Kier molecular flexibility index (Phi) is 9.27. The molecule has 0 aromatic rings. The zero-order valence-corrected chi connectivity index (χ0v) is 13.3. The molecule has 0 aliphatic carbocycles. The van der Waals surface area contributed by atoms with E-state index in [4.69, 9.17) is 4.74 Å². The summed E-state index contributed by atoms with van der Waals surface area (Å²) < 4.78 is 5.29. The number of carbonyl (C=O) groups excluding carboxylic acids is 1. The normalized spacial score (nSPS) is 13.8. The van der Waals surface area contributed by atoms with Gasteiger partial charge in [-0.05, 0) is 32.9 Å². The van der Waals surface area contributed by atoms with Crippen molar-refractivity contribution in [3.05, 3.63) is 84.2 Å². The van der Waals surface area contributed by atoms with Crippen LogP contribution in [-0.4, -0.2) is 12.9 Å². The number of ether oxygens (including phenoxy) is 1. The van der Waals surface area contributed by atoms with Gasteiger partial charge in [0, 0.05) is 5.57 Å². The first-order valence-corrected chi connectivity index (χ1v) is 6.76. The first-order valence-electron chi connectivity index (χ1n) is 6.76. The van der Waals surface area contributed by atoms with Gasteiger partial charge in [-0.25, -0.2) is 0 Å². The highest BCUT2D eigenvalue weighted by Crippen LogP contribution is 2.19. The summed E-state index contributed by atoms with van der Waals surface area (Å²) in [5.41, 5.74) is 1.83. The summed E-state index contributed by atoms with van der Waals surface area (Å²) in [5, 5.41) is 0. The maximum atomic E-state index is 12.7. The van der Waals surface area contributed by atoms with Crippen LogP contribution < -0.4 is 0 Å². The van der Waals surface area contributed by atoms with Crippen molar-refractivity contribution in [1.29, 1.82) is 0 Å². The smallest absolute Gasteiger partial charge is 0.196 e. The third-order valence-corrected chi connectivity index (χ3v) is 2.54. The molecular formula is C19H24O2. The number of hydrogen-bond acceptors (Lipinski definition) is 2. The summed E-state index contributed by atoms with van der Waals surface area (Å²) in [7, 11) is 1.53. The van der Waals surface area contributed by atoms with Crippen LogP contribution in [0.5, 0.6) is 0 Å². The van der Waals surface area contributed by atoms with Gasteiger partial charge < -0.3 is 4.74 Å². The molecule has 0 radical (unpaired) electrons. The lowest BCUT2D eigenvalue weighted by Crippen LogP contribution is -2.09. The van der Waals surface area contributed by atoms with Gasteiger partial charge in [0.25, 0.3) is 0 Å². The van der Waals surface area contributed by atoms with E-state index in [2.05, 4.69) is 13.2 Å². The molecule has 0 heterocycles. The van der Waals surface area contributed by atoms with E-state index in [0.717, 1.165) is 5.57 Å². The summed E-state index contributed by atoms with van der Waals surface area (Å²) in [6, 6.07) is 0. The van der Waals surface area contributed by atoms with Crippen molar-refractivity contribution in [3.63, 3.8) is 0 Å². The number of Topliss-reactive ketones (excluding diaryl/α,β-unsaturated/α-hetero) is 1. The van der Waals surface area contributed by atoms with E-state index in [1.165, 1.54) is 7.11 Å². The van der Waals surface area contributed by atoms with Gasteiger partial charge in [-0.3, -0.25) is 4.79 Å². The van der Waals surface area contributed by atoms with E-state index < -0.39 is 0 Å². The van der Waals surface area contributed by atoms with Gasteiger partial charge in [-0.1, -0.05) is 55.2 Å². The highest BCUT2D eigenvalue weighted by Gasteiger charge is 2.17. The number of ketones is 1. The highest BCUT2D eigenvalue weighted by atomic mass is 16.5. The molecule has 0 N–H and O–H groups in total. The predicted molar refractivity (Wildman–Crippen MR) is 90.9 cm³/mol. The molecular weight excluding hydrogens is 260 g/mol. The van der Waals surface area contributed by atoms with Crippen LogP contribution >= 0.6 is 0 Å². The lowest BCUT2D eigenvalue weighted by molar-refractivity contribution is -0.112. The van der Waals surface area contributed by atoms with Crippen LogP contribution in [0.15, 0.2) is 84.2 Å². The van der Waals surface area contributed by atoms with Crippen LogP contribution in [0.4, 0.5) is 0 Å². The number of methoxy groups -OCH3 is 1. The Balaban J connectivity index is 5.74. The minimum Gasteiger partial charge on any atom is -0.496 e. The first-order chi connectivity index (χ1) is 10.0. The Morgan fingerprint density at radius 3 is 2.29 bits per heavy atom. The Labute approximate surface area is 128 Å². The quantitative estimate of drug-likeness (QED) is 0.362. The fraction of sp³-hybridized carbons (Fsp3) is 0.211. The molecule has 0 atom stereocenters. The SMILES string of the molecule is C=C/C=C(OC)\C(=C/C(=C)C)C(=O)C(/C=C\C=C/C)=C/C. The molecule has 0 aliphatic rings. The summed E-state index contributed by atoms with van der Waals surface area (Å²) in [6.07, 6.45) is 14.1. The van der Waals surface area contributed by atoms with Gasteiger partial charge >= 0.3 is 0 Å². The maximum Gasteiger partial charge on any atom is 0.196 e. The molecule has 0 unspecified atom stereocenters. The number of rotatable bonds is 8. The Morgan fingerprint density at radius 1 is 1.19 bits per heavy atom. The van der Waals surface area contributed by atoms with Gasteiger partial charge in [0.2, 0.25) is 0 Å². The number of carbonyl (C=O) groups is 1. The zero-order chi connectivity index (χ0) is 16.3. The van der Waals surface area contributed by atoms with E-state index in [1.807, 2.05) is 39.0 Å². The molecule has 0 amide bonds. The van der Waals surface area contributed by atoms with Crippen molar-refractivity contribution in [3.8, 4) is 0 Å². The molecule has 0 bridgehead atoms. The third-order valence-electron chi connectivity index (χ3n) is 2.54. The molecule has 112 valence electrons. The second-order valence-corrected chi connectivity index (χ2v) is 4.33. The maximum absolute atomic E-state index is 12.7. The lowest BCUT2D eigenvalue weighted by atomic mass is 9.99. The standard InChI is InChI=1S/C19H24O2/c1-7-10-11-13-16(9-3)19(20)17(14-15(4)5)18(21-6)12-8-2/h7-14H,2,4H2,1,3,5-6H3/b10-7-,13-11-,16-9+,17-14+,18-12+. The Hall–Kier alpha value is -2.35. The van der Waals surface area contributed by atoms with Crippen molar-refractivity contribution in [2.45, 2.75) is 20.8 Å². The Morgan fingerprint density at radius 2 is 1.86 bits per heavy atom. The number of hydrogen-bond donors (Lipinski definition) is 0. The van der Waals surface area contributed by atoms with Gasteiger partial charge in [-0.2, -0.15) is 0 Å². The second-order valence-electron chi connectivity index (χ2n) is 4.33. The van der Waals surface area contributed by atoms with E-state index in [1.54, 1.807) is 30.4 Å². The zero-order valence-electron chi connectivity index (χ0n) is 13.3. The topological polar surface area (TPSA) is 26.3 Å². The highest BCUT2D eigenvalue weighted by molar-refractivity contribution is 6.12. The van der Waals surface area contributed by atoms with Gasteiger partial charge in [-0.15, -0.1) is 0 Å². The molecule has 0 saturated carbocycles. The molecule has 21 heavy (non-hydrogen) atoms. The van der Waals surface area contributed by atoms with Gasteiger partial charge in [0.1, 0.15) is 5.76 Å². The van der Waals surface area contributed by atoms with Crippen molar-refractivity contribution < 1.29 is 9.53 Å². The summed E-state index contributed by atoms with van der Waals surface area (Å²) in [4.78, 5) is 12.7. The van der Waals surface area contributed by atoms with E-state index in [0.29, 0.717) is 16.9 Å². The molecule has 2 nitrogen and oxygen atoms in total. The minimum atomic E-state index is -0.115. The summed E-state index contributed by atoms with van der Waals surface area (Å²) >= 11 is 0. The molecule has 0 rings (SSSR count). The summed E-state index contributed by atoms with van der Waals surface area (Å²) in [6.45, 7) is 13.1. The average molecular weight is 284 g/mol. The summed E-state index contributed by atoms with van der Waals surface area (Å²) in [5.74, 6) is 0.355. The fourth-order valence-corrected chi connectivity index (χ4v) is 1.60. The molecule has 0 aromatic carbocycles. The van der Waals surface area contributed by atoms with Crippen molar-refractivity contribution >= 4 is 5.78 Å². The third kappa shape index (κ3) is 6.57. The van der Waals surface area contributed by atoms with Crippen LogP contribution in [-0.2, 0) is 9.53 Å². The van der Waals surface area contributed by atoms with E-state index >= 15 is 0 Å². The van der Waals surface area contributed by atoms with Crippen molar-refractivity contribution in [2.24, 2.45) is 0 Å². The monoisotopic (exact) mass is 284 g/mol. The number of allylic oxidation sites excluding steroid dienone is 11. The molecule has 0 spiro atoms. The van der Waals surface area contributed by atoms with Crippen LogP contribution in [0.3, 0.4) is 0 Å². The fourth-order valence-electron chi connectivity index (χ4n) is 1.60. The predicted octanol–water partition coefficient (Wildman–Crippen LogP) is 4.85. The van der Waals surface area contributed by atoms with E-state index in [-0.39, 0.29) is 5.78 Å². The molecule has 0 saturated heterocycles. The molecule has 0 aliphatic heterocycles. The largest absolute Gasteiger partial charge is 0.496 e. The average Bonchev–Trinajstić information content (AvgIpc) is 2.46. The molecule has 2 heteroatoms. The van der Waals surface area contributed by atoms with E-state index in [9.17, 15) is 4.79 Å². The van der Waals surface area contributed by atoms with Crippen molar-refractivity contribution in [1.82, 2.24) is 0 Å². The van der Waals surface area contributed by atoms with Gasteiger partial charge in [0.05, 0.1) is 12.7 Å². The van der Waals surface area contributed by atoms with Crippen LogP contribution in [0, 0.1) is 0 Å². The second kappa shape index (κ2) is 10.4.